The van der Waals surface area contributed by atoms with Gasteiger partial charge in [0.15, 0.2) is 0 Å². The van der Waals surface area contributed by atoms with Crippen LogP contribution in [-0.2, 0) is 9.53 Å². The molecular weight excluding hydrogens is 232 g/mol. The van der Waals surface area contributed by atoms with Crippen LogP contribution in [0.5, 0.6) is 0 Å². The maximum atomic E-state index is 11.2. The molecule has 0 saturated heterocycles. The van der Waals surface area contributed by atoms with Gasteiger partial charge in [-0.1, -0.05) is 31.9 Å². The number of esters is 1. The Morgan fingerprint density at radius 1 is 1.47 bits per heavy atom. The van der Waals surface area contributed by atoms with E-state index >= 15 is 0 Å². The molecule has 2 atom stereocenters. The summed E-state index contributed by atoms with van der Waals surface area (Å²) in [5.74, 6) is 0.167. The van der Waals surface area contributed by atoms with Crippen LogP contribution in [0, 0.1) is 5.92 Å². The highest BCUT2D eigenvalue weighted by molar-refractivity contribution is 7.99. The minimum atomic E-state index is -0.259. The van der Waals surface area contributed by atoms with Crippen molar-refractivity contribution in [3.05, 3.63) is 24.8 Å². The largest absolute Gasteiger partial charge is 0.463 e. The molecule has 3 heteroatoms. The number of ether oxygens (including phenoxy) is 1. The van der Waals surface area contributed by atoms with E-state index in [1.807, 2.05) is 19.1 Å². The molecule has 98 valence electrons. The van der Waals surface area contributed by atoms with Crippen LogP contribution in [0.25, 0.3) is 0 Å². The molecule has 0 rings (SSSR count). The van der Waals surface area contributed by atoms with Crippen molar-refractivity contribution in [2.24, 2.45) is 5.92 Å². The molecule has 17 heavy (non-hydrogen) atoms. The molecule has 0 amide bonds. The average molecular weight is 256 g/mol. The smallest absolute Gasteiger partial charge is 0.330 e. The van der Waals surface area contributed by atoms with Crippen LogP contribution in [0.3, 0.4) is 0 Å². The number of allylic oxidation sites excluding steroid dienone is 1. The first-order valence-corrected chi connectivity index (χ1v) is 7.48. The molecule has 0 fully saturated rings. The number of hydrogen-bond donors (Lipinski definition) is 0. The van der Waals surface area contributed by atoms with Crippen LogP contribution < -0.4 is 0 Å². The summed E-state index contributed by atoms with van der Waals surface area (Å²) in [7, 11) is 0. The molecule has 2 nitrogen and oxygen atoms in total. The van der Waals surface area contributed by atoms with Crippen molar-refractivity contribution in [2.75, 3.05) is 12.9 Å². The predicted molar refractivity (Wildman–Crippen MR) is 76.3 cm³/mol. The van der Waals surface area contributed by atoms with Crippen LogP contribution in [0.2, 0.25) is 0 Å². The predicted octanol–water partition coefficient (Wildman–Crippen LogP) is 3.83. The van der Waals surface area contributed by atoms with E-state index in [1.54, 1.807) is 11.8 Å². The van der Waals surface area contributed by atoms with E-state index in [1.165, 1.54) is 18.9 Å². The number of carbonyl (C=O) groups excluding carboxylic acids is 1. The van der Waals surface area contributed by atoms with Gasteiger partial charge in [-0.25, -0.2) is 4.79 Å². The Kier molecular flexibility index (Phi) is 10.0. The van der Waals surface area contributed by atoms with Crippen LogP contribution in [0.1, 0.15) is 33.1 Å². The van der Waals surface area contributed by atoms with Gasteiger partial charge in [-0.3, -0.25) is 0 Å². The molecule has 0 aliphatic heterocycles. The molecule has 0 aromatic rings. The fourth-order valence-electron chi connectivity index (χ4n) is 1.62. The first kappa shape index (κ1) is 16.3. The molecule has 0 saturated carbocycles. The number of rotatable bonds is 9. The first-order valence-electron chi connectivity index (χ1n) is 6.19. The molecule has 0 N–H and O–H groups in total. The number of hydrogen-bond acceptors (Lipinski definition) is 3. The van der Waals surface area contributed by atoms with Gasteiger partial charge in [0.25, 0.3) is 0 Å². The standard InChI is InChI=1S/C14H24O2S/c1-5-8-9-12(6-2)13(17-4)10-11-14(15)16-7-3/h6,10-13H,2,5,7-9H2,1,3-4H3/b11-10+. The number of unbranched alkanes of at least 4 members (excludes halogenated alkanes) is 1. The highest BCUT2D eigenvalue weighted by Gasteiger charge is 2.14. The zero-order valence-electron chi connectivity index (χ0n) is 11.1. The molecular formula is C14H24O2S. The summed E-state index contributed by atoms with van der Waals surface area (Å²) in [4.78, 5) is 11.2. The maximum absolute atomic E-state index is 11.2. The summed E-state index contributed by atoms with van der Waals surface area (Å²) < 4.78 is 4.87. The molecule has 0 aromatic carbocycles. The highest BCUT2D eigenvalue weighted by Crippen LogP contribution is 2.24. The lowest BCUT2D eigenvalue weighted by atomic mass is 9.98. The Hall–Kier alpha value is -0.700. The number of carbonyl (C=O) groups is 1. The van der Waals surface area contributed by atoms with Gasteiger partial charge in [-0.2, -0.15) is 11.8 Å². The summed E-state index contributed by atoms with van der Waals surface area (Å²) >= 11 is 1.75. The summed E-state index contributed by atoms with van der Waals surface area (Å²) in [6, 6.07) is 0. The Balaban J connectivity index is 4.36. The fraction of sp³-hybridized carbons (Fsp3) is 0.643. The highest BCUT2D eigenvalue weighted by atomic mass is 32.2. The Bertz CT molecular complexity index is 249. The maximum Gasteiger partial charge on any atom is 0.330 e. The molecule has 0 aromatic heterocycles. The summed E-state index contributed by atoms with van der Waals surface area (Å²) in [5, 5.41) is 0.309. The summed E-state index contributed by atoms with van der Waals surface area (Å²) in [6.45, 7) is 8.30. The van der Waals surface area contributed by atoms with Crippen molar-refractivity contribution in [1.82, 2.24) is 0 Å². The van der Waals surface area contributed by atoms with Crippen molar-refractivity contribution in [3.8, 4) is 0 Å². The van der Waals surface area contributed by atoms with E-state index in [0.717, 1.165) is 6.42 Å². The van der Waals surface area contributed by atoms with Gasteiger partial charge < -0.3 is 4.74 Å². The molecule has 0 aliphatic carbocycles. The second kappa shape index (κ2) is 10.5. The topological polar surface area (TPSA) is 26.3 Å². The summed E-state index contributed by atoms with van der Waals surface area (Å²) in [6.07, 6.45) is 11.0. The third-order valence-corrected chi connectivity index (χ3v) is 3.65. The minimum absolute atomic E-state index is 0.259. The second-order valence-electron chi connectivity index (χ2n) is 3.85. The van der Waals surface area contributed by atoms with Crippen LogP contribution in [0.4, 0.5) is 0 Å². The van der Waals surface area contributed by atoms with Crippen molar-refractivity contribution in [1.29, 1.82) is 0 Å². The average Bonchev–Trinajstić information content (AvgIpc) is 2.33. The monoisotopic (exact) mass is 256 g/mol. The third-order valence-electron chi connectivity index (χ3n) is 2.60. The van der Waals surface area contributed by atoms with Gasteiger partial charge in [0.05, 0.1) is 6.61 Å². The Labute approximate surface area is 110 Å². The van der Waals surface area contributed by atoms with E-state index in [2.05, 4.69) is 19.8 Å². The van der Waals surface area contributed by atoms with Gasteiger partial charge in [-0.15, -0.1) is 6.58 Å². The van der Waals surface area contributed by atoms with Gasteiger partial charge in [0.2, 0.25) is 0 Å². The molecule has 0 heterocycles. The van der Waals surface area contributed by atoms with Gasteiger partial charge in [0.1, 0.15) is 0 Å². The lowest BCUT2D eigenvalue weighted by molar-refractivity contribution is -0.137. The van der Waals surface area contributed by atoms with Gasteiger partial charge in [0, 0.05) is 11.3 Å². The molecule has 0 aliphatic rings. The molecule has 0 bridgehead atoms. The normalized spacial score (nSPS) is 14.5. The number of thioether (sulfide) groups is 1. The second-order valence-corrected chi connectivity index (χ2v) is 4.87. The zero-order valence-corrected chi connectivity index (χ0v) is 12.0. The third kappa shape index (κ3) is 7.27. The first-order chi connectivity index (χ1) is 8.19. The Morgan fingerprint density at radius 2 is 2.18 bits per heavy atom. The zero-order chi connectivity index (χ0) is 13.1. The van der Waals surface area contributed by atoms with E-state index < -0.39 is 0 Å². The van der Waals surface area contributed by atoms with E-state index in [-0.39, 0.29) is 5.97 Å². The lowest BCUT2D eigenvalue weighted by Crippen LogP contribution is -2.13. The van der Waals surface area contributed by atoms with Gasteiger partial charge in [-0.05, 0) is 25.5 Å². The van der Waals surface area contributed by atoms with Crippen LogP contribution >= 0.6 is 11.8 Å². The fourth-order valence-corrected chi connectivity index (χ4v) is 2.45. The van der Waals surface area contributed by atoms with Crippen molar-refractivity contribution >= 4 is 17.7 Å². The van der Waals surface area contributed by atoms with Crippen LogP contribution in [-0.4, -0.2) is 24.1 Å². The lowest BCUT2D eigenvalue weighted by Gasteiger charge is -2.19. The molecule has 0 radical (unpaired) electrons. The van der Waals surface area contributed by atoms with Crippen molar-refractivity contribution in [3.63, 3.8) is 0 Å². The van der Waals surface area contributed by atoms with Crippen LogP contribution in [0.15, 0.2) is 24.8 Å². The minimum Gasteiger partial charge on any atom is -0.463 e. The summed E-state index contributed by atoms with van der Waals surface area (Å²) in [5.41, 5.74) is 0. The van der Waals surface area contributed by atoms with Crippen molar-refractivity contribution < 1.29 is 9.53 Å². The van der Waals surface area contributed by atoms with Gasteiger partial charge >= 0.3 is 5.97 Å². The quantitative estimate of drug-likeness (QED) is 0.356. The van der Waals surface area contributed by atoms with E-state index in [4.69, 9.17) is 4.74 Å². The molecule has 0 spiro atoms. The SMILES string of the molecule is C=CC(CCCC)C(/C=C/C(=O)OCC)SC. The Morgan fingerprint density at radius 3 is 2.65 bits per heavy atom. The molecule has 2 unspecified atom stereocenters. The van der Waals surface area contributed by atoms with E-state index in [0.29, 0.717) is 17.8 Å². The van der Waals surface area contributed by atoms with Crippen molar-refractivity contribution in [2.45, 2.75) is 38.4 Å². The van der Waals surface area contributed by atoms with E-state index in [9.17, 15) is 4.79 Å².